The molecule has 0 aliphatic carbocycles. The van der Waals surface area contributed by atoms with Crippen LogP contribution in [0.3, 0.4) is 0 Å². The Morgan fingerprint density at radius 1 is 0.895 bits per heavy atom. The third-order valence-corrected chi connectivity index (χ3v) is 7.10. The Morgan fingerprint density at radius 3 is 2.24 bits per heavy atom. The predicted octanol–water partition coefficient (Wildman–Crippen LogP) is 0.975. The zero-order valence-corrected chi connectivity index (χ0v) is 21.1. The normalized spacial score (nSPS) is 20.5. The molecule has 2 heterocycles. The van der Waals surface area contributed by atoms with Crippen molar-refractivity contribution in [3.63, 3.8) is 0 Å². The van der Waals surface area contributed by atoms with E-state index >= 15 is 0 Å². The Bertz CT molecular complexity index is 1130. The van der Waals surface area contributed by atoms with E-state index in [0.29, 0.717) is 25.8 Å². The fraction of sp³-hybridized carbons (Fsp3) is 0.429. The molecule has 3 amide bonds. The fourth-order valence-corrected chi connectivity index (χ4v) is 5.07. The van der Waals surface area contributed by atoms with E-state index in [1.165, 1.54) is 17.0 Å². The molecule has 0 radical (unpaired) electrons. The van der Waals surface area contributed by atoms with Crippen molar-refractivity contribution in [1.82, 2.24) is 20.9 Å². The molecule has 2 aromatic rings. The summed E-state index contributed by atoms with van der Waals surface area (Å²) >= 11 is 0. The van der Waals surface area contributed by atoms with Gasteiger partial charge in [-0.25, -0.2) is 4.79 Å². The SMILES string of the molecule is O=C(NC(Cc1ccc(O)cc1)C(=O)NC(Cc1ccccc1)C(=O)N1CCCC1C(=O)O)C1CCCN1. The Labute approximate surface area is 221 Å². The summed E-state index contributed by atoms with van der Waals surface area (Å²) in [6, 6.07) is 12.2. The lowest BCUT2D eigenvalue weighted by atomic mass is 10.0. The topological polar surface area (TPSA) is 148 Å². The first-order valence-electron chi connectivity index (χ1n) is 13.0. The van der Waals surface area contributed by atoms with Crippen LogP contribution in [0.15, 0.2) is 54.6 Å². The first kappa shape index (κ1) is 27.1. The molecule has 2 aromatic carbocycles. The van der Waals surface area contributed by atoms with Crippen molar-refractivity contribution in [2.75, 3.05) is 13.1 Å². The summed E-state index contributed by atoms with van der Waals surface area (Å²) in [5.41, 5.74) is 1.53. The summed E-state index contributed by atoms with van der Waals surface area (Å²) < 4.78 is 0. The Kier molecular flexibility index (Phi) is 8.96. The number of carbonyl (C=O) groups is 4. The molecule has 202 valence electrons. The van der Waals surface area contributed by atoms with Gasteiger partial charge in [-0.1, -0.05) is 42.5 Å². The van der Waals surface area contributed by atoms with E-state index < -0.39 is 42.0 Å². The maximum absolute atomic E-state index is 13.6. The minimum Gasteiger partial charge on any atom is -0.508 e. The van der Waals surface area contributed by atoms with Crippen LogP contribution in [0.25, 0.3) is 0 Å². The minimum atomic E-state index is -1.07. The van der Waals surface area contributed by atoms with E-state index in [1.54, 1.807) is 12.1 Å². The number of rotatable bonds is 10. The van der Waals surface area contributed by atoms with Gasteiger partial charge in [-0.15, -0.1) is 0 Å². The highest BCUT2D eigenvalue weighted by atomic mass is 16.4. The third kappa shape index (κ3) is 6.89. The lowest BCUT2D eigenvalue weighted by Gasteiger charge is -2.29. The Morgan fingerprint density at radius 2 is 1.58 bits per heavy atom. The van der Waals surface area contributed by atoms with Gasteiger partial charge in [0.25, 0.3) is 0 Å². The molecule has 10 heteroatoms. The molecule has 4 atom stereocenters. The summed E-state index contributed by atoms with van der Waals surface area (Å²) in [5.74, 6) is -2.27. The monoisotopic (exact) mass is 522 g/mol. The molecule has 2 aliphatic rings. The molecule has 0 bridgehead atoms. The highest BCUT2D eigenvalue weighted by Gasteiger charge is 2.38. The van der Waals surface area contributed by atoms with Crippen LogP contribution in [0.5, 0.6) is 5.75 Å². The van der Waals surface area contributed by atoms with Crippen LogP contribution in [-0.4, -0.2) is 76.1 Å². The zero-order chi connectivity index (χ0) is 27.1. The van der Waals surface area contributed by atoms with Crippen molar-refractivity contribution in [3.05, 3.63) is 65.7 Å². The first-order valence-corrected chi connectivity index (χ1v) is 13.0. The highest BCUT2D eigenvalue weighted by Crippen LogP contribution is 2.20. The zero-order valence-electron chi connectivity index (χ0n) is 21.1. The molecule has 0 aromatic heterocycles. The molecule has 4 rings (SSSR count). The van der Waals surface area contributed by atoms with Crippen molar-refractivity contribution in [1.29, 1.82) is 0 Å². The summed E-state index contributed by atoms with van der Waals surface area (Å²) in [7, 11) is 0. The number of phenolic OH excluding ortho intramolecular Hbond substituents is 1. The van der Waals surface area contributed by atoms with Crippen molar-refractivity contribution >= 4 is 23.7 Å². The highest BCUT2D eigenvalue weighted by molar-refractivity contribution is 5.94. The second-order valence-electron chi connectivity index (χ2n) is 9.86. The van der Waals surface area contributed by atoms with Crippen LogP contribution < -0.4 is 16.0 Å². The van der Waals surface area contributed by atoms with Gasteiger partial charge in [0.05, 0.1) is 6.04 Å². The van der Waals surface area contributed by atoms with Gasteiger partial charge in [-0.05, 0) is 55.5 Å². The smallest absolute Gasteiger partial charge is 0.326 e. The van der Waals surface area contributed by atoms with E-state index in [2.05, 4.69) is 16.0 Å². The lowest BCUT2D eigenvalue weighted by Crippen LogP contribution is -2.58. The second kappa shape index (κ2) is 12.6. The molecule has 4 unspecified atom stereocenters. The molecule has 2 saturated heterocycles. The van der Waals surface area contributed by atoms with Crippen LogP contribution in [-0.2, 0) is 32.0 Å². The number of hydrogen-bond acceptors (Lipinski definition) is 6. The van der Waals surface area contributed by atoms with Gasteiger partial charge >= 0.3 is 5.97 Å². The van der Waals surface area contributed by atoms with E-state index in [1.807, 2.05) is 30.3 Å². The van der Waals surface area contributed by atoms with Gasteiger partial charge in [0.15, 0.2) is 0 Å². The maximum Gasteiger partial charge on any atom is 0.326 e. The number of carboxylic acids is 1. The van der Waals surface area contributed by atoms with E-state index in [-0.39, 0.29) is 24.5 Å². The molecule has 2 aliphatic heterocycles. The van der Waals surface area contributed by atoms with Gasteiger partial charge < -0.3 is 31.1 Å². The van der Waals surface area contributed by atoms with Crippen molar-refractivity contribution in [2.45, 2.75) is 62.7 Å². The van der Waals surface area contributed by atoms with Crippen LogP contribution >= 0.6 is 0 Å². The standard InChI is InChI=1S/C28H34N4O6/c33-20-12-10-19(11-13-20)16-22(30-25(34)21-8-4-14-29-21)26(35)31-23(17-18-6-2-1-3-7-18)27(36)32-15-5-9-24(32)28(37)38/h1-3,6-7,10-13,21-24,29,33H,4-5,8-9,14-17H2,(H,30,34)(H,31,35)(H,37,38). The Balaban J connectivity index is 1.56. The van der Waals surface area contributed by atoms with E-state index in [0.717, 1.165) is 24.1 Å². The van der Waals surface area contributed by atoms with Gasteiger partial charge in [-0.3, -0.25) is 14.4 Å². The van der Waals surface area contributed by atoms with Crippen molar-refractivity contribution in [3.8, 4) is 5.75 Å². The average Bonchev–Trinajstić information content (AvgIpc) is 3.62. The molecule has 2 fully saturated rings. The quantitative estimate of drug-likeness (QED) is 0.312. The average molecular weight is 523 g/mol. The van der Waals surface area contributed by atoms with Crippen LogP contribution in [0.4, 0.5) is 0 Å². The number of nitrogens with zero attached hydrogens (tertiary/aromatic N) is 1. The van der Waals surface area contributed by atoms with Crippen LogP contribution in [0, 0.1) is 0 Å². The summed E-state index contributed by atoms with van der Waals surface area (Å²) in [6.45, 7) is 1.03. The maximum atomic E-state index is 13.6. The minimum absolute atomic E-state index is 0.0843. The summed E-state index contributed by atoms with van der Waals surface area (Å²) in [4.78, 5) is 53.2. The number of hydrogen-bond donors (Lipinski definition) is 5. The molecule has 0 spiro atoms. The van der Waals surface area contributed by atoms with Crippen molar-refractivity contribution in [2.24, 2.45) is 0 Å². The van der Waals surface area contributed by atoms with E-state index in [9.17, 15) is 29.4 Å². The largest absolute Gasteiger partial charge is 0.508 e. The molecular weight excluding hydrogens is 488 g/mol. The number of benzene rings is 2. The molecule has 5 N–H and O–H groups in total. The second-order valence-corrected chi connectivity index (χ2v) is 9.86. The van der Waals surface area contributed by atoms with Gasteiger partial charge in [0.1, 0.15) is 23.9 Å². The first-order chi connectivity index (χ1) is 18.3. The molecule has 38 heavy (non-hydrogen) atoms. The van der Waals surface area contributed by atoms with Crippen LogP contribution in [0.2, 0.25) is 0 Å². The predicted molar refractivity (Wildman–Crippen MR) is 139 cm³/mol. The van der Waals surface area contributed by atoms with Gasteiger partial charge in [0, 0.05) is 19.4 Å². The number of carbonyl (C=O) groups excluding carboxylic acids is 3. The number of aliphatic carboxylic acids is 1. The van der Waals surface area contributed by atoms with Crippen LogP contribution in [0.1, 0.15) is 36.8 Å². The number of carboxylic acid groups (broad SMARTS) is 1. The molecule has 10 nitrogen and oxygen atoms in total. The van der Waals surface area contributed by atoms with Crippen molar-refractivity contribution < 1.29 is 29.4 Å². The number of aromatic hydroxyl groups is 1. The summed E-state index contributed by atoms with van der Waals surface area (Å²) in [6.07, 6.45) is 2.79. The van der Waals surface area contributed by atoms with E-state index in [4.69, 9.17) is 0 Å². The molecular formula is C28H34N4O6. The number of phenols is 1. The summed E-state index contributed by atoms with van der Waals surface area (Å²) in [5, 5.41) is 28.0. The Hall–Kier alpha value is -3.92. The molecule has 0 saturated carbocycles. The number of nitrogens with one attached hydrogen (secondary N) is 3. The fourth-order valence-electron chi connectivity index (χ4n) is 5.07. The van der Waals surface area contributed by atoms with Gasteiger partial charge in [0.2, 0.25) is 17.7 Å². The lowest BCUT2D eigenvalue weighted by molar-refractivity contribution is -0.149. The number of amides is 3. The third-order valence-electron chi connectivity index (χ3n) is 7.10. The number of likely N-dealkylation sites (tertiary alicyclic amines) is 1. The van der Waals surface area contributed by atoms with Gasteiger partial charge in [-0.2, -0.15) is 0 Å².